The van der Waals surface area contributed by atoms with E-state index in [1.54, 1.807) is 0 Å². The van der Waals surface area contributed by atoms with Crippen molar-refractivity contribution >= 4 is 17.2 Å². The fourth-order valence-electron chi connectivity index (χ4n) is 1.02. The average molecular weight is 169 g/mol. The smallest absolute Gasteiger partial charge is 0.0705 e. The van der Waals surface area contributed by atoms with Crippen LogP contribution < -0.4 is 0 Å². The number of allylic oxidation sites excluding steroid dienone is 1. The van der Waals surface area contributed by atoms with Gasteiger partial charge in [-0.25, -0.2) is 0 Å². The summed E-state index contributed by atoms with van der Waals surface area (Å²) in [6, 6.07) is 0. The third-order valence-corrected chi connectivity index (χ3v) is 1.43. The number of rotatable bonds is 1. The molecule has 0 unspecified atom stereocenters. The minimum Gasteiger partial charge on any atom is -0.374 e. The molecule has 0 radical (unpaired) electrons. The molecule has 1 nitrogen and oxygen atoms in total. The van der Waals surface area contributed by atoms with Crippen LogP contribution in [0.3, 0.4) is 0 Å². The van der Waals surface area contributed by atoms with Crippen molar-refractivity contribution in [2.75, 3.05) is 14.1 Å². The van der Waals surface area contributed by atoms with Crippen LogP contribution >= 0.6 is 12.2 Å². The highest BCUT2D eigenvalue weighted by molar-refractivity contribution is 7.78. The van der Waals surface area contributed by atoms with E-state index in [4.69, 9.17) is 0 Å². The Labute approximate surface area is 74.4 Å². The summed E-state index contributed by atoms with van der Waals surface area (Å²) in [6.07, 6.45) is 0. The van der Waals surface area contributed by atoms with Gasteiger partial charge in [-0.05, 0) is 17.9 Å². The van der Waals surface area contributed by atoms with Gasteiger partial charge in [-0.1, -0.05) is 20.8 Å². The Bertz CT molecular complexity index is 210. The van der Waals surface area contributed by atoms with Crippen molar-refractivity contribution in [2.24, 2.45) is 5.41 Å². The van der Waals surface area contributed by atoms with Crippen LogP contribution in [0.25, 0.3) is 0 Å². The van der Waals surface area contributed by atoms with Crippen molar-refractivity contribution < 1.29 is 0 Å². The molecule has 0 aromatic rings. The molecular weight excluding hydrogens is 154 g/mol. The van der Waals surface area contributed by atoms with Gasteiger partial charge >= 0.3 is 0 Å². The Morgan fingerprint density at radius 2 is 1.73 bits per heavy atom. The second-order valence-electron chi connectivity index (χ2n) is 3.72. The van der Waals surface area contributed by atoms with E-state index in [1.807, 2.05) is 19.0 Å². The Balaban J connectivity index is 4.95. The first-order valence-electron chi connectivity index (χ1n) is 3.57. The molecule has 0 rings (SSSR count). The van der Waals surface area contributed by atoms with Crippen molar-refractivity contribution in [1.29, 1.82) is 0 Å². The summed E-state index contributed by atoms with van der Waals surface area (Å²) in [5, 5.41) is 2.51. The van der Waals surface area contributed by atoms with Crippen molar-refractivity contribution in [1.82, 2.24) is 4.90 Å². The quantitative estimate of drug-likeness (QED) is 0.437. The lowest BCUT2D eigenvalue weighted by atomic mass is 9.92. The zero-order chi connectivity index (χ0) is 9.07. The first-order valence-corrected chi connectivity index (χ1v) is 3.98. The fourth-order valence-corrected chi connectivity index (χ4v) is 1.12. The summed E-state index contributed by atoms with van der Waals surface area (Å²) in [5.41, 5.74) is 4.10. The molecule has 11 heavy (non-hydrogen) atoms. The third-order valence-electron chi connectivity index (χ3n) is 1.33. The summed E-state index contributed by atoms with van der Waals surface area (Å²) in [5.74, 6) is 0. The molecule has 0 aliphatic heterocycles. The molecule has 0 saturated carbocycles. The molecule has 0 aromatic carbocycles. The van der Waals surface area contributed by atoms with Crippen LogP contribution in [0.2, 0.25) is 0 Å². The number of hydrogen-bond acceptors (Lipinski definition) is 2. The van der Waals surface area contributed by atoms with Gasteiger partial charge in [0.25, 0.3) is 0 Å². The van der Waals surface area contributed by atoms with Crippen molar-refractivity contribution in [3.63, 3.8) is 0 Å². The highest BCUT2D eigenvalue weighted by Gasteiger charge is 2.18. The molecule has 0 N–H and O–H groups in total. The van der Waals surface area contributed by atoms with Gasteiger partial charge in [-0.3, -0.25) is 0 Å². The van der Waals surface area contributed by atoms with E-state index in [2.05, 4.69) is 43.7 Å². The summed E-state index contributed by atoms with van der Waals surface area (Å²) < 4.78 is 0. The van der Waals surface area contributed by atoms with Crippen LogP contribution in [0.4, 0.5) is 0 Å². The highest BCUT2D eigenvalue weighted by atomic mass is 32.1. The van der Waals surface area contributed by atoms with Gasteiger partial charge in [0.1, 0.15) is 0 Å². The number of thiocarbonyl (C=S) groups is 1. The Hall–Kier alpha value is -0.550. The predicted molar refractivity (Wildman–Crippen MR) is 52.8 cm³/mol. The van der Waals surface area contributed by atoms with Crippen LogP contribution in [0.1, 0.15) is 20.8 Å². The minimum absolute atomic E-state index is 0.0926. The number of nitrogens with zero attached hydrogens (tertiary/aromatic N) is 1. The molecule has 0 heterocycles. The van der Waals surface area contributed by atoms with E-state index in [0.29, 0.717) is 0 Å². The van der Waals surface area contributed by atoms with E-state index >= 15 is 0 Å². The summed E-state index contributed by atoms with van der Waals surface area (Å²) >= 11 is 4.61. The topological polar surface area (TPSA) is 3.24 Å². The molecule has 0 aliphatic rings. The Morgan fingerprint density at radius 3 is 1.82 bits per heavy atom. The van der Waals surface area contributed by atoms with Gasteiger partial charge in [-0.15, -0.1) is 0 Å². The molecule has 0 spiro atoms. The zero-order valence-electron chi connectivity index (χ0n) is 7.86. The van der Waals surface area contributed by atoms with Crippen LogP contribution in [-0.2, 0) is 0 Å². The van der Waals surface area contributed by atoms with Gasteiger partial charge in [0.15, 0.2) is 0 Å². The molecule has 62 valence electrons. The van der Waals surface area contributed by atoms with E-state index < -0.39 is 0 Å². The van der Waals surface area contributed by atoms with Crippen LogP contribution in [-0.4, -0.2) is 24.0 Å². The largest absolute Gasteiger partial charge is 0.374 e. The Morgan fingerprint density at radius 1 is 1.27 bits per heavy atom. The summed E-state index contributed by atoms with van der Waals surface area (Å²) in [7, 11) is 3.97. The van der Waals surface area contributed by atoms with Crippen LogP contribution in [0.15, 0.2) is 11.4 Å². The molecule has 0 fully saturated rings. The lowest BCUT2D eigenvalue weighted by Crippen LogP contribution is -2.22. The second kappa shape index (κ2) is 3.73. The molecular formula is C9H15NS. The van der Waals surface area contributed by atoms with Crippen molar-refractivity contribution in [3.8, 4) is 0 Å². The monoisotopic (exact) mass is 169 g/mol. The van der Waals surface area contributed by atoms with Gasteiger partial charge in [0, 0.05) is 24.5 Å². The molecule has 0 amide bonds. The highest BCUT2D eigenvalue weighted by Crippen LogP contribution is 2.24. The van der Waals surface area contributed by atoms with E-state index in [-0.39, 0.29) is 5.41 Å². The lowest BCUT2D eigenvalue weighted by molar-refractivity contribution is 0.355. The fraction of sp³-hybridized carbons (Fsp3) is 0.667. The Kier molecular flexibility index (Phi) is 3.54. The molecule has 0 saturated heterocycles. The molecule has 0 bridgehead atoms. The first-order chi connectivity index (χ1) is 4.89. The van der Waals surface area contributed by atoms with Crippen molar-refractivity contribution in [3.05, 3.63) is 11.4 Å². The van der Waals surface area contributed by atoms with Gasteiger partial charge < -0.3 is 4.90 Å². The van der Waals surface area contributed by atoms with E-state index in [9.17, 15) is 0 Å². The minimum atomic E-state index is 0.0926. The van der Waals surface area contributed by atoms with Crippen LogP contribution in [0, 0.1) is 5.41 Å². The standard InChI is InChI=1S/C9H15NS/c1-9(2,3)8(6-7-11)10(4)5/h1-5H3. The third kappa shape index (κ3) is 3.38. The summed E-state index contributed by atoms with van der Waals surface area (Å²) in [4.78, 5) is 2.01. The maximum atomic E-state index is 4.61. The second-order valence-corrected chi connectivity index (χ2v) is 3.92. The first kappa shape index (κ1) is 10.4. The maximum Gasteiger partial charge on any atom is 0.0705 e. The van der Waals surface area contributed by atoms with Crippen molar-refractivity contribution in [2.45, 2.75) is 20.8 Å². The summed E-state index contributed by atoms with van der Waals surface area (Å²) in [6.45, 7) is 6.38. The van der Waals surface area contributed by atoms with Gasteiger partial charge in [0.2, 0.25) is 0 Å². The van der Waals surface area contributed by atoms with Gasteiger partial charge in [0.05, 0.1) is 5.70 Å². The van der Waals surface area contributed by atoms with Gasteiger partial charge in [-0.2, -0.15) is 0 Å². The van der Waals surface area contributed by atoms with E-state index in [1.165, 1.54) is 0 Å². The molecule has 0 aliphatic carbocycles. The zero-order valence-corrected chi connectivity index (χ0v) is 8.67. The SMILES string of the molecule is CN(C)C(=C=C=S)C(C)(C)C. The average Bonchev–Trinajstić information content (AvgIpc) is 1.79. The van der Waals surface area contributed by atoms with Crippen LogP contribution in [0.5, 0.6) is 0 Å². The lowest BCUT2D eigenvalue weighted by Gasteiger charge is -2.26. The molecule has 0 atom stereocenters. The molecule has 0 aromatic heterocycles. The normalized spacial score (nSPS) is 9.91. The maximum absolute atomic E-state index is 4.61. The predicted octanol–water partition coefficient (Wildman–Crippen LogP) is 2.23. The van der Waals surface area contributed by atoms with E-state index in [0.717, 1.165) is 5.70 Å². The number of hydrogen-bond donors (Lipinski definition) is 0. The molecule has 2 heteroatoms.